The Morgan fingerprint density at radius 3 is 1.79 bits per heavy atom. The van der Waals surface area contributed by atoms with Crippen molar-refractivity contribution < 1.29 is 23.5 Å². The summed E-state index contributed by atoms with van der Waals surface area (Å²) in [5.74, 6) is -0.224. The molecule has 0 spiro atoms. The predicted molar refractivity (Wildman–Crippen MR) is 115 cm³/mol. The number of unbranched alkanes of at least 4 members (excludes halogenated alkanes) is 14. The molecule has 0 aliphatic carbocycles. The molecule has 5 nitrogen and oxygen atoms in total. The zero-order valence-electron chi connectivity index (χ0n) is 18.0. The topological polar surface area (TPSA) is 72.8 Å². The zero-order valence-corrected chi connectivity index (χ0v) is 18.9. The van der Waals surface area contributed by atoms with Gasteiger partial charge in [-0.05, 0) is 12.8 Å². The number of rotatable bonds is 18. The van der Waals surface area contributed by atoms with Crippen molar-refractivity contribution in [2.75, 3.05) is 12.8 Å². The highest BCUT2D eigenvalue weighted by Crippen LogP contribution is 2.50. The molecule has 1 saturated heterocycles. The summed E-state index contributed by atoms with van der Waals surface area (Å²) in [4.78, 5) is 21.0. The van der Waals surface area contributed by atoms with Gasteiger partial charge in [-0.2, -0.15) is 0 Å². The molecule has 1 fully saturated rings. The Kier molecular flexibility index (Phi) is 15.0. The van der Waals surface area contributed by atoms with E-state index in [2.05, 4.69) is 6.92 Å². The second-order valence-corrected chi connectivity index (χ2v) is 10.2. The fraction of sp³-hybridized carbons (Fsp3) is 0.955. The first kappa shape index (κ1) is 25.7. The highest BCUT2D eigenvalue weighted by Gasteiger charge is 2.33. The van der Waals surface area contributed by atoms with Crippen LogP contribution in [-0.2, 0) is 18.6 Å². The molecule has 0 aromatic heterocycles. The number of carbonyl (C=O) groups is 1. The van der Waals surface area contributed by atoms with Gasteiger partial charge in [0.15, 0.2) is 0 Å². The Morgan fingerprint density at radius 2 is 1.36 bits per heavy atom. The molecule has 0 amide bonds. The molecule has 1 unspecified atom stereocenters. The lowest BCUT2D eigenvalue weighted by molar-refractivity contribution is -0.146. The fourth-order valence-electron chi connectivity index (χ4n) is 3.66. The van der Waals surface area contributed by atoms with Crippen LogP contribution in [-0.4, -0.2) is 29.7 Å². The van der Waals surface area contributed by atoms with Crippen LogP contribution < -0.4 is 0 Å². The minimum absolute atomic E-state index is 0.0993. The molecule has 1 N–H and O–H groups in total. The van der Waals surface area contributed by atoms with Gasteiger partial charge < -0.3 is 14.2 Å². The Bertz CT molecular complexity index is 441. The molecule has 2 atom stereocenters. The SMILES string of the molecule is CCCCCCCCCCCCCCCCCC(=O)OC[C@@H]1CCP(=O)(O)O1. The number of carbonyl (C=O) groups excluding carboxylic acids is 1. The Labute approximate surface area is 172 Å². The van der Waals surface area contributed by atoms with Crippen molar-refractivity contribution >= 4 is 13.6 Å². The van der Waals surface area contributed by atoms with Crippen molar-refractivity contribution in [3.05, 3.63) is 0 Å². The van der Waals surface area contributed by atoms with E-state index in [1.165, 1.54) is 83.5 Å². The lowest BCUT2D eigenvalue weighted by Gasteiger charge is -2.10. The Morgan fingerprint density at radius 1 is 0.893 bits per heavy atom. The van der Waals surface area contributed by atoms with Crippen molar-refractivity contribution in [3.63, 3.8) is 0 Å². The van der Waals surface area contributed by atoms with Crippen molar-refractivity contribution in [2.45, 2.75) is 122 Å². The second-order valence-electron chi connectivity index (χ2n) is 8.26. The van der Waals surface area contributed by atoms with Crippen molar-refractivity contribution in [2.24, 2.45) is 0 Å². The smallest absolute Gasteiger partial charge is 0.328 e. The van der Waals surface area contributed by atoms with Crippen LogP contribution in [0.15, 0.2) is 0 Å². The molecule has 0 aromatic rings. The highest BCUT2D eigenvalue weighted by atomic mass is 31.2. The summed E-state index contributed by atoms with van der Waals surface area (Å²) in [6.45, 7) is 2.36. The van der Waals surface area contributed by atoms with E-state index in [-0.39, 0.29) is 18.7 Å². The summed E-state index contributed by atoms with van der Waals surface area (Å²) in [7, 11) is -3.40. The van der Waals surface area contributed by atoms with Gasteiger partial charge in [-0.25, -0.2) is 0 Å². The summed E-state index contributed by atoms with van der Waals surface area (Å²) < 4.78 is 21.4. The molecule has 1 aliphatic rings. The molecule has 6 heteroatoms. The molecular weight excluding hydrogens is 375 g/mol. The normalized spacial score (nSPS) is 21.9. The highest BCUT2D eigenvalue weighted by molar-refractivity contribution is 7.53. The lowest BCUT2D eigenvalue weighted by Crippen LogP contribution is -2.17. The average Bonchev–Trinajstić information content (AvgIpc) is 3.02. The molecule has 0 saturated carbocycles. The maximum absolute atomic E-state index is 11.7. The predicted octanol–water partition coefficient (Wildman–Crippen LogP) is 6.77. The number of esters is 1. The molecular formula is C22H43O5P. The summed E-state index contributed by atoms with van der Waals surface area (Å²) in [5.41, 5.74) is 0. The molecule has 28 heavy (non-hydrogen) atoms. The van der Waals surface area contributed by atoms with Gasteiger partial charge in [0.1, 0.15) is 12.7 Å². The first-order valence-electron chi connectivity index (χ1n) is 11.7. The summed E-state index contributed by atoms with van der Waals surface area (Å²) in [6.07, 6.45) is 20.2. The summed E-state index contributed by atoms with van der Waals surface area (Å²) in [6, 6.07) is 0. The van der Waals surface area contributed by atoms with Crippen LogP contribution in [0.25, 0.3) is 0 Å². The minimum Gasteiger partial charge on any atom is -0.463 e. The molecule has 1 rings (SSSR count). The van der Waals surface area contributed by atoms with Gasteiger partial charge in [-0.15, -0.1) is 0 Å². The van der Waals surface area contributed by atoms with Crippen LogP contribution >= 0.6 is 7.60 Å². The third-order valence-corrected chi connectivity index (χ3v) is 6.91. The number of hydrogen-bond acceptors (Lipinski definition) is 4. The van der Waals surface area contributed by atoms with Crippen LogP contribution in [0.1, 0.15) is 116 Å². The molecule has 1 aliphatic heterocycles. The molecule has 1 heterocycles. The first-order chi connectivity index (χ1) is 13.5. The van der Waals surface area contributed by atoms with Crippen molar-refractivity contribution in [1.29, 1.82) is 0 Å². The van der Waals surface area contributed by atoms with Crippen LogP contribution in [0.5, 0.6) is 0 Å². The van der Waals surface area contributed by atoms with E-state index in [9.17, 15) is 14.3 Å². The molecule has 166 valence electrons. The summed E-state index contributed by atoms with van der Waals surface area (Å²) >= 11 is 0. The van der Waals surface area contributed by atoms with E-state index in [0.29, 0.717) is 12.8 Å². The van der Waals surface area contributed by atoms with E-state index >= 15 is 0 Å². The summed E-state index contributed by atoms with van der Waals surface area (Å²) in [5, 5.41) is 0. The monoisotopic (exact) mass is 418 g/mol. The second kappa shape index (κ2) is 16.4. The molecule has 0 aromatic carbocycles. The fourth-order valence-corrected chi connectivity index (χ4v) is 5.01. The van der Waals surface area contributed by atoms with E-state index < -0.39 is 13.7 Å². The third kappa shape index (κ3) is 14.6. The standard InChI is InChI=1S/C22H43O5P/c1-2-3-4-5-6-7-8-9-10-11-12-13-14-15-16-17-22(23)26-20-21-18-19-28(24,25)27-21/h21H,2-20H2,1H3,(H,24,25)/t21-/m0/s1. The zero-order chi connectivity index (χ0) is 20.5. The maximum Gasteiger partial charge on any atom is 0.328 e. The van der Waals surface area contributed by atoms with Gasteiger partial charge in [-0.3, -0.25) is 9.36 Å². The largest absolute Gasteiger partial charge is 0.463 e. The van der Waals surface area contributed by atoms with Crippen LogP contribution in [0.4, 0.5) is 0 Å². The van der Waals surface area contributed by atoms with Crippen LogP contribution in [0, 0.1) is 0 Å². The average molecular weight is 419 g/mol. The van der Waals surface area contributed by atoms with Gasteiger partial charge in [0.05, 0.1) is 6.16 Å². The van der Waals surface area contributed by atoms with Gasteiger partial charge >= 0.3 is 13.6 Å². The Hall–Kier alpha value is -0.380. The molecule has 0 bridgehead atoms. The van der Waals surface area contributed by atoms with Gasteiger partial charge in [-0.1, -0.05) is 96.8 Å². The minimum atomic E-state index is -3.40. The quantitative estimate of drug-likeness (QED) is 0.151. The van der Waals surface area contributed by atoms with Crippen molar-refractivity contribution in [1.82, 2.24) is 0 Å². The van der Waals surface area contributed by atoms with E-state index in [0.717, 1.165) is 12.8 Å². The van der Waals surface area contributed by atoms with E-state index in [4.69, 9.17) is 9.26 Å². The van der Waals surface area contributed by atoms with Crippen LogP contribution in [0.2, 0.25) is 0 Å². The lowest BCUT2D eigenvalue weighted by atomic mass is 10.0. The first-order valence-corrected chi connectivity index (χ1v) is 13.5. The van der Waals surface area contributed by atoms with E-state index in [1.807, 2.05) is 0 Å². The molecule has 0 radical (unpaired) electrons. The van der Waals surface area contributed by atoms with Gasteiger partial charge in [0, 0.05) is 6.42 Å². The number of ether oxygens (including phenoxy) is 1. The Balaban J connectivity index is 1.77. The van der Waals surface area contributed by atoms with E-state index in [1.54, 1.807) is 0 Å². The third-order valence-electron chi connectivity index (χ3n) is 5.46. The van der Waals surface area contributed by atoms with Crippen molar-refractivity contribution in [3.8, 4) is 0 Å². The number of hydrogen-bond donors (Lipinski definition) is 1. The van der Waals surface area contributed by atoms with Gasteiger partial charge in [0.25, 0.3) is 0 Å². The van der Waals surface area contributed by atoms with Crippen LogP contribution in [0.3, 0.4) is 0 Å². The van der Waals surface area contributed by atoms with Gasteiger partial charge in [0.2, 0.25) is 0 Å². The maximum atomic E-state index is 11.7.